The molecule has 0 saturated heterocycles. The zero-order valence-corrected chi connectivity index (χ0v) is 13.9. The number of rotatable bonds is 5. The first-order valence-electron chi connectivity index (χ1n) is 8.77. The lowest BCUT2D eigenvalue weighted by Gasteiger charge is -2.22. The number of fused-ring (bicyclic) bond motifs is 1. The molecule has 2 aliphatic rings. The number of benzene rings is 1. The van der Waals surface area contributed by atoms with E-state index in [1.807, 2.05) is 0 Å². The summed E-state index contributed by atoms with van der Waals surface area (Å²) in [7, 11) is 1.65. The lowest BCUT2D eigenvalue weighted by atomic mass is 9.98. The van der Waals surface area contributed by atoms with Gasteiger partial charge in [-0.15, -0.1) is 0 Å². The number of hydrogen-bond donors (Lipinski definition) is 0. The van der Waals surface area contributed by atoms with Crippen molar-refractivity contribution in [2.75, 3.05) is 6.61 Å². The molecule has 0 N–H and O–H groups in total. The number of hydrogen-bond acceptors (Lipinski definition) is 3. The fourth-order valence-corrected chi connectivity index (χ4v) is 3.29. The lowest BCUT2D eigenvalue weighted by Crippen LogP contribution is -2.21. The monoisotopic (exact) mass is 336 g/mol. The van der Waals surface area contributed by atoms with Crippen LogP contribution in [0.1, 0.15) is 44.9 Å². The van der Waals surface area contributed by atoms with Crippen LogP contribution in [-0.4, -0.2) is 22.3 Å². The quantitative estimate of drug-likeness (QED) is 0.814. The van der Waals surface area contributed by atoms with Crippen LogP contribution in [0.2, 0.25) is 0 Å². The molecule has 0 aliphatic heterocycles. The molecule has 2 aromatic rings. The summed E-state index contributed by atoms with van der Waals surface area (Å²) < 4.78 is 42.0. The van der Waals surface area contributed by atoms with Gasteiger partial charge in [-0.05, 0) is 44.4 Å². The molecule has 0 spiro atoms. The molecule has 0 atom stereocenters. The standard InChI is InChI=1S/C18H22F2N2O2/c1-22-17-15(20)14(23-10-11-7-8-11)9-13(19)16(17)21-18(22)24-12-5-3-2-4-6-12/h9,11-12H,2-8,10H2,1H3. The molecule has 0 unspecified atom stereocenters. The average molecular weight is 336 g/mol. The van der Waals surface area contributed by atoms with E-state index in [1.54, 1.807) is 7.05 Å². The first-order valence-corrected chi connectivity index (χ1v) is 8.77. The van der Waals surface area contributed by atoms with Crippen molar-refractivity contribution < 1.29 is 18.3 Å². The largest absolute Gasteiger partial charge is 0.490 e. The molecule has 2 fully saturated rings. The normalized spacial score (nSPS) is 19.0. The van der Waals surface area contributed by atoms with E-state index in [4.69, 9.17) is 9.47 Å². The van der Waals surface area contributed by atoms with Gasteiger partial charge >= 0.3 is 0 Å². The summed E-state index contributed by atoms with van der Waals surface area (Å²) in [5, 5.41) is 0. The Kier molecular flexibility index (Phi) is 4.06. The fourth-order valence-electron chi connectivity index (χ4n) is 3.29. The van der Waals surface area contributed by atoms with E-state index in [1.165, 1.54) is 11.0 Å². The third-order valence-electron chi connectivity index (χ3n) is 4.96. The minimum atomic E-state index is -0.578. The summed E-state index contributed by atoms with van der Waals surface area (Å²) in [5.41, 5.74) is 0.103. The number of ether oxygens (including phenoxy) is 2. The Labute approximate surface area is 139 Å². The van der Waals surface area contributed by atoms with E-state index in [-0.39, 0.29) is 28.9 Å². The van der Waals surface area contributed by atoms with Gasteiger partial charge in [-0.25, -0.2) is 8.78 Å². The van der Waals surface area contributed by atoms with Crippen LogP contribution in [0.3, 0.4) is 0 Å². The van der Waals surface area contributed by atoms with Crippen molar-refractivity contribution >= 4 is 11.0 Å². The summed E-state index contributed by atoms with van der Waals surface area (Å²) in [5.74, 6) is -0.717. The molecule has 1 aromatic carbocycles. The first-order chi connectivity index (χ1) is 11.6. The van der Waals surface area contributed by atoms with Crippen molar-refractivity contribution in [3.63, 3.8) is 0 Å². The van der Waals surface area contributed by atoms with Crippen molar-refractivity contribution in [1.82, 2.24) is 9.55 Å². The van der Waals surface area contributed by atoms with Crippen LogP contribution in [0.15, 0.2) is 6.07 Å². The maximum Gasteiger partial charge on any atom is 0.297 e. The Hall–Kier alpha value is -1.85. The number of aryl methyl sites for hydroxylation is 1. The van der Waals surface area contributed by atoms with Crippen molar-refractivity contribution in [2.24, 2.45) is 13.0 Å². The van der Waals surface area contributed by atoms with Crippen molar-refractivity contribution in [3.05, 3.63) is 17.7 Å². The van der Waals surface area contributed by atoms with Gasteiger partial charge in [-0.1, -0.05) is 6.42 Å². The minimum Gasteiger partial charge on any atom is -0.490 e. The van der Waals surface area contributed by atoms with E-state index < -0.39 is 11.6 Å². The Morgan fingerprint density at radius 3 is 2.62 bits per heavy atom. The molecule has 0 bridgehead atoms. The van der Waals surface area contributed by atoms with Crippen LogP contribution in [0.25, 0.3) is 11.0 Å². The first kappa shape index (κ1) is 15.7. The highest BCUT2D eigenvalue weighted by Gasteiger charge is 2.26. The number of imidazole rings is 1. The van der Waals surface area contributed by atoms with E-state index in [0.29, 0.717) is 12.5 Å². The second kappa shape index (κ2) is 6.22. The number of halogens is 2. The summed E-state index contributed by atoms with van der Waals surface area (Å²) in [6, 6.07) is 1.37. The van der Waals surface area contributed by atoms with Crippen LogP contribution in [0, 0.1) is 17.6 Å². The Morgan fingerprint density at radius 1 is 1.17 bits per heavy atom. The van der Waals surface area contributed by atoms with Gasteiger partial charge in [0.2, 0.25) is 0 Å². The number of aromatic nitrogens is 2. The average Bonchev–Trinajstić information content (AvgIpc) is 3.35. The van der Waals surface area contributed by atoms with Crippen LogP contribution in [-0.2, 0) is 7.05 Å². The molecule has 24 heavy (non-hydrogen) atoms. The molecule has 1 heterocycles. The summed E-state index contributed by atoms with van der Waals surface area (Å²) in [6.45, 7) is 0.436. The highest BCUT2D eigenvalue weighted by molar-refractivity contribution is 5.80. The van der Waals surface area contributed by atoms with Crippen molar-refractivity contribution in [2.45, 2.75) is 51.0 Å². The lowest BCUT2D eigenvalue weighted by molar-refractivity contribution is 0.138. The Bertz CT molecular complexity index is 749. The van der Waals surface area contributed by atoms with E-state index in [0.717, 1.165) is 44.6 Å². The Balaban J connectivity index is 1.65. The summed E-state index contributed by atoms with van der Waals surface area (Å²) >= 11 is 0. The molecule has 4 nitrogen and oxygen atoms in total. The molecule has 6 heteroatoms. The molecular weight excluding hydrogens is 314 g/mol. The number of nitrogens with zero attached hydrogens (tertiary/aromatic N) is 2. The van der Waals surface area contributed by atoms with Crippen LogP contribution < -0.4 is 9.47 Å². The summed E-state index contributed by atoms with van der Waals surface area (Å²) in [6.07, 6.45) is 7.65. The van der Waals surface area contributed by atoms with Crippen LogP contribution >= 0.6 is 0 Å². The smallest absolute Gasteiger partial charge is 0.297 e. The molecular formula is C18H22F2N2O2. The third kappa shape index (κ3) is 2.94. The minimum absolute atomic E-state index is 0.000388. The zero-order valence-electron chi connectivity index (χ0n) is 13.9. The highest BCUT2D eigenvalue weighted by Crippen LogP contribution is 2.34. The topological polar surface area (TPSA) is 36.3 Å². The molecule has 2 aliphatic carbocycles. The third-order valence-corrected chi connectivity index (χ3v) is 4.96. The second-order valence-electron chi connectivity index (χ2n) is 6.95. The van der Waals surface area contributed by atoms with Gasteiger partial charge in [0.1, 0.15) is 17.1 Å². The second-order valence-corrected chi connectivity index (χ2v) is 6.95. The molecule has 1 aromatic heterocycles. The molecule has 2 saturated carbocycles. The zero-order chi connectivity index (χ0) is 16.7. The van der Waals surface area contributed by atoms with Crippen molar-refractivity contribution in [1.29, 1.82) is 0 Å². The van der Waals surface area contributed by atoms with E-state index >= 15 is 0 Å². The highest BCUT2D eigenvalue weighted by atomic mass is 19.1. The predicted molar refractivity (Wildman–Crippen MR) is 86.4 cm³/mol. The van der Waals surface area contributed by atoms with Gasteiger partial charge in [0, 0.05) is 13.1 Å². The maximum absolute atomic E-state index is 14.8. The molecule has 0 radical (unpaired) electrons. The fraction of sp³-hybridized carbons (Fsp3) is 0.611. The van der Waals surface area contributed by atoms with Crippen LogP contribution in [0.4, 0.5) is 8.78 Å². The molecule has 130 valence electrons. The van der Waals surface area contributed by atoms with Gasteiger partial charge in [0.15, 0.2) is 17.4 Å². The predicted octanol–water partition coefficient (Wildman–Crippen LogP) is 4.35. The van der Waals surface area contributed by atoms with E-state index in [9.17, 15) is 8.78 Å². The van der Waals surface area contributed by atoms with Gasteiger partial charge in [-0.3, -0.25) is 4.57 Å². The van der Waals surface area contributed by atoms with Gasteiger partial charge in [0.25, 0.3) is 6.01 Å². The maximum atomic E-state index is 14.8. The molecule has 4 rings (SSSR count). The SMILES string of the molecule is Cn1c(OC2CCCCC2)nc2c(F)cc(OCC3CC3)c(F)c21. The van der Waals surface area contributed by atoms with Gasteiger partial charge < -0.3 is 9.47 Å². The van der Waals surface area contributed by atoms with Crippen LogP contribution in [0.5, 0.6) is 11.8 Å². The Morgan fingerprint density at radius 2 is 1.92 bits per heavy atom. The van der Waals surface area contributed by atoms with Crippen molar-refractivity contribution in [3.8, 4) is 11.8 Å². The summed E-state index contributed by atoms with van der Waals surface area (Å²) in [4.78, 5) is 4.19. The van der Waals surface area contributed by atoms with Gasteiger partial charge in [0.05, 0.1) is 6.61 Å². The molecule has 0 amide bonds. The van der Waals surface area contributed by atoms with Gasteiger partial charge in [-0.2, -0.15) is 4.98 Å². The van der Waals surface area contributed by atoms with E-state index in [2.05, 4.69) is 4.98 Å².